The van der Waals surface area contributed by atoms with Crippen molar-refractivity contribution in [3.05, 3.63) is 75.8 Å². The van der Waals surface area contributed by atoms with Crippen LogP contribution in [0.15, 0.2) is 64.6 Å². The monoisotopic (exact) mass is 399 g/mol. The summed E-state index contributed by atoms with van der Waals surface area (Å²) < 4.78 is 0.870. The zero-order valence-electron chi connectivity index (χ0n) is 13.8. The van der Waals surface area contributed by atoms with Gasteiger partial charge in [0.05, 0.1) is 11.6 Å². The highest BCUT2D eigenvalue weighted by Crippen LogP contribution is 2.39. The topological polar surface area (TPSA) is 57.6 Å². The molecule has 5 heteroatoms. The van der Waals surface area contributed by atoms with E-state index in [0.717, 1.165) is 16.5 Å². The summed E-state index contributed by atoms with van der Waals surface area (Å²) in [7, 11) is 0. The van der Waals surface area contributed by atoms with Gasteiger partial charge >= 0.3 is 0 Å². The van der Waals surface area contributed by atoms with Gasteiger partial charge in [0.25, 0.3) is 11.7 Å². The van der Waals surface area contributed by atoms with E-state index in [1.54, 1.807) is 29.2 Å². The molecule has 1 fully saturated rings. The molecule has 1 saturated heterocycles. The second kappa shape index (κ2) is 7.23. The Hall–Kier alpha value is -2.40. The van der Waals surface area contributed by atoms with Crippen molar-refractivity contribution in [2.75, 3.05) is 6.54 Å². The number of nitrogens with zero attached hydrogens (tertiary/aromatic N) is 1. The molecule has 4 nitrogen and oxygen atoms in total. The summed E-state index contributed by atoms with van der Waals surface area (Å²) in [6.45, 7) is 2.41. The molecule has 1 amide bonds. The quantitative estimate of drug-likeness (QED) is 0.474. The number of rotatable bonds is 4. The summed E-state index contributed by atoms with van der Waals surface area (Å²) in [4.78, 5) is 26.7. The largest absolute Gasteiger partial charge is 0.507 e. The van der Waals surface area contributed by atoms with Crippen LogP contribution >= 0.6 is 15.9 Å². The minimum Gasteiger partial charge on any atom is -0.507 e. The van der Waals surface area contributed by atoms with Gasteiger partial charge in [-0.1, -0.05) is 65.3 Å². The highest BCUT2D eigenvalue weighted by Gasteiger charge is 2.45. The van der Waals surface area contributed by atoms with Gasteiger partial charge in [-0.3, -0.25) is 9.59 Å². The van der Waals surface area contributed by atoms with Crippen molar-refractivity contribution in [3.63, 3.8) is 0 Å². The van der Waals surface area contributed by atoms with E-state index in [1.165, 1.54) is 0 Å². The van der Waals surface area contributed by atoms with Crippen LogP contribution in [0.5, 0.6) is 0 Å². The molecular formula is C20H18BrNO3. The van der Waals surface area contributed by atoms with Crippen molar-refractivity contribution < 1.29 is 14.7 Å². The second-order valence-electron chi connectivity index (χ2n) is 5.91. The van der Waals surface area contributed by atoms with Crippen molar-refractivity contribution >= 4 is 33.4 Å². The number of likely N-dealkylation sites (tertiary alicyclic amines) is 1. The molecule has 0 bridgehead atoms. The van der Waals surface area contributed by atoms with Gasteiger partial charge in [0.2, 0.25) is 0 Å². The number of hydrogen-bond acceptors (Lipinski definition) is 3. The smallest absolute Gasteiger partial charge is 0.295 e. The van der Waals surface area contributed by atoms with Gasteiger partial charge in [0, 0.05) is 16.6 Å². The highest BCUT2D eigenvalue weighted by molar-refractivity contribution is 9.10. The summed E-state index contributed by atoms with van der Waals surface area (Å²) in [5, 5.41) is 10.8. The number of ketones is 1. The molecule has 25 heavy (non-hydrogen) atoms. The van der Waals surface area contributed by atoms with Crippen LogP contribution in [-0.4, -0.2) is 28.2 Å². The molecule has 1 aliphatic rings. The Kier molecular flexibility index (Phi) is 5.04. The maximum atomic E-state index is 12.6. The number of aliphatic hydroxyl groups excluding tert-OH is 1. The molecule has 1 aliphatic heterocycles. The molecule has 0 saturated carbocycles. The third-order valence-corrected chi connectivity index (χ3v) is 4.77. The van der Waals surface area contributed by atoms with Gasteiger partial charge in [-0.05, 0) is 24.1 Å². The molecule has 128 valence electrons. The molecule has 1 unspecified atom stereocenters. The van der Waals surface area contributed by atoms with Gasteiger partial charge in [-0.2, -0.15) is 0 Å². The van der Waals surface area contributed by atoms with Crippen molar-refractivity contribution in [2.45, 2.75) is 19.4 Å². The first-order valence-electron chi connectivity index (χ1n) is 8.14. The Morgan fingerprint density at radius 1 is 1.08 bits per heavy atom. The summed E-state index contributed by atoms with van der Waals surface area (Å²) in [6, 6.07) is 15.8. The van der Waals surface area contributed by atoms with Gasteiger partial charge in [-0.25, -0.2) is 0 Å². The van der Waals surface area contributed by atoms with E-state index in [0.29, 0.717) is 12.1 Å². The minimum atomic E-state index is -0.636. The molecule has 0 spiro atoms. The molecule has 1 atom stereocenters. The van der Waals surface area contributed by atoms with Crippen LogP contribution in [0, 0.1) is 0 Å². The lowest BCUT2D eigenvalue weighted by atomic mass is 9.95. The molecule has 1 heterocycles. The number of carbonyl (C=O) groups excluding carboxylic acids is 2. The maximum Gasteiger partial charge on any atom is 0.295 e. The average molecular weight is 400 g/mol. The Balaban J connectivity index is 2.17. The first-order valence-corrected chi connectivity index (χ1v) is 8.93. The Morgan fingerprint density at radius 2 is 1.72 bits per heavy atom. The van der Waals surface area contributed by atoms with Gasteiger partial charge in [0.15, 0.2) is 0 Å². The summed E-state index contributed by atoms with van der Waals surface area (Å²) in [5.74, 6) is -1.34. The van der Waals surface area contributed by atoms with Gasteiger partial charge in [-0.15, -0.1) is 0 Å². The lowest BCUT2D eigenvalue weighted by molar-refractivity contribution is -0.139. The van der Waals surface area contributed by atoms with Gasteiger partial charge < -0.3 is 10.0 Å². The van der Waals surface area contributed by atoms with E-state index in [9.17, 15) is 14.7 Å². The fraction of sp³-hybridized carbons (Fsp3) is 0.200. The van der Waals surface area contributed by atoms with Crippen LogP contribution in [0.4, 0.5) is 0 Å². The maximum absolute atomic E-state index is 12.6. The fourth-order valence-corrected chi connectivity index (χ4v) is 3.36. The van der Waals surface area contributed by atoms with Crippen LogP contribution in [0.25, 0.3) is 5.76 Å². The molecular weight excluding hydrogens is 382 g/mol. The zero-order chi connectivity index (χ0) is 18.0. The van der Waals surface area contributed by atoms with Crippen LogP contribution in [0.1, 0.15) is 30.5 Å². The number of carbonyl (C=O) groups is 2. The Labute approximate surface area is 154 Å². The third-order valence-electron chi connectivity index (χ3n) is 4.24. The molecule has 2 aromatic carbocycles. The SMILES string of the molecule is CCCN1C(=O)C(=O)/C(=C(\O)c2ccc(Br)cc2)C1c1ccccc1. The normalized spacial score (nSPS) is 19.4. The summed E-state index contributed by atoms with van der Waals surface area (Å²) in [6.07, 6.45) is 0.731. The summed E-state index contributed by atoms with van der Waals surface area (Å²) >= 11 is 3.35. The van der Waals surface area contributed by atoms with Crippen molar-refractivity contribution in [1.82, 2.24) is 4.90 Å². The lowest BCUT2D eigenvalue weighted by Crippen LogP contribution is -2.30. The highest BCUT2D eigenvalue weighted by atomic mass is 79.9. The van der Waals surface area contributed by atoms with Crippen LogP contribution in [-0.2, 0) is 9.59 Å². The van der Waals surface area contributed by atoms with E-state index < -0.39 is 17.7 Å². The molecule has 3 rings (SSSR count). The Morgan fingerprint density at radius 3 is 2.32 bits per heavy atom. The van der Waals surface area contributed by atoms with Gasteiger partial charge in [0.1, 0.15) is 5.76 Å². The number of amides is 1. The number of halogens is 1. The predicted molar refractivity (Wildman–Crippen MR) is 99.9 cm³/mol. The third kappa shape index (κ3) is 3.24. The number of Topliss-reactive ketones (excluding diaryl/α,β-unsaturated/α-hetero) is 1. The van der Waals surface area contributed by atoms with Crippen molar-refractivity contribution in [2.24, 2.45) is 0 Å². The van der Waals surface area contributed by atoms with E-state index in [4.69, 9.17) is 0 Å². The predicted octanol–water partition coefficient (Wildman–Crippen LogP) is 4.28. The number of benzene rings is 2. The van der Waals surface area contributed by atoms with E-state index in [2.05, 4.69) is 15.9 Å². The lowest BCUT2D eigenvalue weighted by Gasteiger charge is -2.24. The zero-order valence-corrected chi connectivity index (χ0v) is 15.4. The van der Waals surface area contributed by atoms with Crippen LogP contribution in [0.3, 0.4) is 0 Å². The first-order chi connectivity index (χ1) is 12.0. The van der Waals surface area contributed by atoms with Crippen molar-refractivity contribution in [1.29, 1.82) is 0 Å². The van der Waals surface area contributed by atoms with E-state index in [-0.39, 0.29) is 11.3 Å². The minimum absolute atomic E-state index is 0.140. The van der Waals surface area contributed by atoms with Crippen LogP contribution < -0.4 is 0 Å². The number of hydrogen-bond donors (Lipinski definition) is 1. The number of aliphatic hydroxyl groups is 1. The molecule has 0 radical (unpaired) electrons. The molecule has 0 aromatic heterocycles. The fourth-order valence-electron chi connectivity index (χ4n) is 3.10. The van der Waals surface area contributed by atoms with Crippen LogP contribution in [0.2, 0.25) is 0 Å². The Bertz CT molecular complexity index is 828. The first kappa shape index (κ1) is 17.4. The summed E-state index contributed by atoms with van der Waals surface area (Å²) in [5.41, 5.74) is 1.47. The van der Waals surface area contributed by atoms with Crippen molar-refractivity contribution in [3.8, 4) is 0 Å². The standard InChI is InChI=1S/C20H18BrNO3/c1-2-12-22-17(13-6-4-3-5-7-13)16(19(24)20(22)25)18(23)14-8-10-15(21)11-9-14/h3-11,17,23H,2,12H2,1H3/b18-16-. The van der Waals surface area contributed by atoms with E-state index in [1.807, 2.05) is 37.3 Å². The average Bonchev–Trinajstić information content (AvgIpc) is 2.88. The molecule has 2 aromatic rings. The molecule has 1 N–H and O–H groups in total. The van der Waals surface area contributed by atoms with E-state index >= 15 is 0 Å². The molecule has 0 aliphatic carbocycles. The second-order valence-corrected chi connectivity index (χ2v) is 6.83.